The van der Waals surface area contributed by atoms with E-state index in [1.807, 2.05) is 6.92 Å². The summed E-state index contributed by atoms with van der Waals surface area (Å²) in [4.78, 5) is 12.0. The SMILES string of the molecule is CC(NC(=O)[C@H]1CCCNC1)C1CCCO1. The van der Waals surface area contributed by atoms with Gasteiger partial charge in [0.1, 0.15) is 0 Å². The van der Waals surface area contributed by atoms with Crippen LogP contribution in [-0.4, -0.2) is 37.7 Å². The fourth-order valence-corrected chi connectivity index (χ4v) is 2.51. The van der Waals surface area contributed by atoms with E-state index in [0.29, 0.717) is 0 Å². The van der Waals surface area contributed by atoms with E-state index in [9.17, 15) is 4.79 Å². The molecule has 0 aliphatic carbocycles. The summed E-state index contributed by atoms with van der Waals surface area (Å²) in [5, 5.41) is 6.35. The molecule has 4 nitrogen and oxygen atoms in total. The molecule has 1 amide bonds. The molecule has 92 valence electrons. The average Bonchev–Trinajstić information content (AvgIpc) is 2.83. The summed E-state index contributed by atoms with van der Waals surface area (Å²) in [6, 6.07) is 0.150. The van der Waals surface area contributed by atoms with Crippen LogP contribution >= 0.6 is 0 Å². The van der Waals surface area contributed by atoms with E-state index in [4.69, 9.17) is 4.74 Å². The van der Waals surface area contributed by atoms with Crippen LogP contribution in [0.3, 0.4) is 0 Å². The first-order valence-corrected chi connectivity index (χ1v) is 6.40. The maximum atomic E-state index is 12.0. The molecule has 4 heteroatoms. The van der Waals surface area contributed by atoms with Gasteiger partial charge in [-0.2, -0.15) is 0 Å². The molecular weight excluding hydrogens is 204 g/mol. The molecule has 0 radical (unpaired) electrons. The van der Waals surface area contributed by atoms with Crippen LogP contribution in [0.5, 0.6) is 0 Å². The van der Waals surface area contributed by atoms with Crippen LogP contribution in [0, 0.1) is 5.92 Å². The van der Waals surface area contributed by atoms with Crippen molar-refractivity contribution in [2.75, 3.05) is 19.7 Å². The third-order valence-electron chi connectivity index (χ3n) is 3.56. The Kier molecular flexibility index (Phi) is 4.18. The number of hydrogen-bond acceptors (Lipinski definition) is 3. The Hall–Kier alpha value is -0.610. The van der Waals surface area contributed by atoms with Gasteiger partial charge < -0.3 is 15.4 Å². The highest BCUT2D eigenvalue weighted by molar-refractivity contribution is 5.79. The molecule has 0 aromatic rings. The molecule has 16 heavy (non-hydrogen) atoms. The van der Waals surface area contributed by atoms with Crippen LogP contribution in [-0.2, 0) is 9.53 Å². The van der Waals surface area contributed by atoms with Crippen LogP contribution in [0.2, 0.25) is 0 Å². The minimum atomic E-state index is 0.150. The van der Waals surface area contributed by atoms with Crippen molar-refractivity contribution in [3.8, 4) is 0 Å². The Morgan fingerprint density at radius 1 is 1.44 bits per heavy atom. The first kappa shape index (κ1) is 11.9. The van der Waals surface area contributed by atoms with Gasteiger partial charge in [-0.05, 0) is 39.2 Å². The van der Waals surface area contributed by atoms with Crippen molar-refractivity contribution in [2.24, 2.45) is 5.92 Å². The lowest BCUT2D eigenvalue weighted by Gasteiger charge is -2.26. The Balaban J connectivity index is 1.76. The summed E-state index contributed by atoms with van der Waals surface area (Å²) >= 11 is 0. The van der Waals surface area contributed by atoms with Crippen LogP contribution in [0.15, 0.2) is 0 Å². The second-order valence-electron chi connectivity index (χ2n) is 4.89. The summed E-state index contributed by atoms with van der Waals surface area (Å²) in [6.07, 6.45) is 4.53. The highest BCUT2D eigenvalue weighted by atomic mass is 16.5. The summed E-state index contributed by atoms with van der Waals surface area (Å²) in [7, 11) is 0. The maximum absolute atomic E-state index is 12.0. The van der Waals surface area contributed by atoms with Gasteiger partial charge in [-0.25, -0.2) is 0 Å². The molecule has 0 aromatic carbocycles. The smallest absolute Gasteiger partial charge is 0.224 e. The molecule has 3 atom stereocenters. The summed E-state index contributed by atoms with van der Waals surface area (Å²) in [6.45, 7) is 4.76. The van der Waals surface area contributed by atoms with Crippen molar-refractivity contribution in [2.45, 2.75) is 44.8 Å². The number of rotatable bonds is 3. The molecule has 2 heterocycles. The molecule has 2 saturated heterocycles. The first-order chi connectivity index (χ1) is 7.77. The van der Waals surface area contributed by atoms with Crippen LogP contribution in [0.4, 0.5) is 0 Å². The third-order valence-corrected chi connectivity index (χ3v) is 3.56. The van der Waals surface area contributed by atoms with E-state index in [1.165, 1.54) is 0 Å². The Bertz CT molecular complexity index is 233. The quantitative estimate of drug-likeness (QED) is 0.743. The van der Waals surface area contributed by atoms with Gasteiger partial charge in [0, 0.05) is 13.2 Å². The van der Waals surface area contributed by atoms with Crippen molar-refractivity contribution < 1.29 is 9.53 Å². The second kappa shape index (κ2) is 5.64. The topological polar surface area (TPSA) is 50.4 Å². The molecule has 2 unspecified atom stereocenters. The van der Waals surface area contributed by atoms with Crippen LogP contribution in [0.25, 0.3) is 0 Å². The van der Waals surface area contributed by atoms with Gasteiger partial charge in [-0.1, -0.05) is 0 Å². The Morgan fingerprint density at radius 2 is 2.31 bits per heavy atom. The predicted molar refractivity (Wildman–Crippen MR) is 62.2 cm³/mol. The minimum absolute atomic E-state index is 0.150. The lowest BCUT2D eigenvalue weighted by atomic mass is 9.98. The van der Waals surface area contributed by atoms with Crippen molar-refractivity contribution in [1.29, 1.82) is 0 Å². The van der Waals surface area contributed by atoms with Gasteiger partial charge >= 0.3 is 0 Å². The normalized spacial score (nSPS) is 32.3. The highest BCUT2D eigenvalue weighted by Gasteiger charge is 2.27. The zero-order valence-electron chi connectivity index (χ0n) is 10.00. The third kappa shape index (κ3) is 2.95. The van der Waals surface area contributed by atoms with Gasteiger partial charge in [0.2, 0.25) is 5.91 Å². The molecule has 2 aliphatic heterocycles. The predicted octanol–water partition coefficient (Wildman–Crippen LogP) is 0.670. The van der Waals surface area contributed by atoms with E-state index in [0.717, 1.165) is 45.4 Å². The second-order valence-corrected chi connectivity index (χ2v) is 4.89. The Morgan fingerprint density at radius 3 is 2.94 bits per heavy atom. The largest absolute Gasteiger partial charge is 0.376 e. The number of ether oxygens (including phenoxy) is 1. The number of carbonyl (C=O) groups is 1. The zero-order valence-corrected chi connectivity index (χ0v) is 10.00. The number of hydrogen-bond donors (Lipinski definition) is 2. The minimum Gasteiger partial charge on any atom is -0.376 e. The number of carbonyl (C=O) groups excluding carboxylic acids is 1. The van der Waals surface area contributed by atoms with E-state index >= 15 is 0 Å². The fraction of sp³-hybridized carbons (Fsp3) is 0.917. The zero-order chi connectivity index (χ0) is 11.4. The van der Waals surface area contributed by atoms with Crippen LogP contribution < -0.4 is 10.6 Å². The van der Waals surface area contributed by atoms with Gasteiger partial charge in [0.25, 0.3) is 0 Å². The number of nitrogens with one attached hydrogen (secondary N) is 2. The lowest BCUT2D eigenvalue weighted by molar-refractivity contribution is -0.127. The van der Waals surface area contributed by atoms with E-state index in [2.05, 4.69) is 10.6 Å². The average molecular weight is 226 g/mol. The molecule has 2 N–H and O–H groups in total. The highest BCUT2D eigenvalue weighted by Crippen LogP contribution is 2.16. The summed E-state index contributed by atoms with van der Waals surface area (Å²) < 4.78 is 5.57. The van der Waals surface area contributed by atoms with Gasteiger partial charge in [-0.3, -0.25) is 4.79 Å². The van der Waals surface area contributed by atoms with Crippen LogP contribution in [0.1, 0.15) is 32.6 Å². The monoisotopic (exact) mass is 226 g/mol. The van der Waals surface area contributed by atoms with Crippen molar-refractivity contribution >= 4 is 5.91 Å². The number of piperidine rings is 1. The Labute approximate surface area is 97.1 Å². The standard InChI is InChI=1S/C12H22N2O2/c1-9(11-5-3-7-16-11)14-12(15)10-4-2-6-13-8-10/h9-11,13H,2-8H2,1H3,(H,14,15)/t9?,10-,11?/m0/s1. The molecular formula is C12H22N2O2. The summed E-state index contributed by atoms with van der Waals surface area (Å²) in [5.74, 6) is 0.341. The molecule has 2 aliphatic rings. The van der Waals surface area contributed by atoms with Crippen molar-refractivity contribution in [3.05, 3.63) is 0 Å². The van der Waals surface area contributed by atoms with Gasteiger partial charge in [0.05, 0.1) is 18.1 Å². The molecule has 0 bridgehead atoms. The van der Waals surface area contributed by atoms with Gasteiger partial charge in [-0.15, -0.1) is 0 Å². The molecule has 0 aromatic heterocycles. The van der Waals surface area contributed by atoms with E-state index in [1.54, 1.807) is 0 Å². The van der Waals surface area contributed by atoms with Crippen molar-refractivity contribution in [3.63, 3.8) is 0 Å². The molecule has 2 rings (SSSR count). The maximum Gasteiger partial charge on any atom is 0.224 e. The molecule has 0 spiro atoms. The molecule has 2 fully saturated rings. The first-order valence-electron chi connectivity index (χ1n) is 6.40. The molecule has 0 saturated carbocycles. The summed E-state index contributed by atoms with van der Waals surface area (Å²) in [5.41, 5.74) is 0. The lowest BCUT2D eigenvalue weighted by Crippen LogP contribution is -2.47. The van der Waals surface area contributed by atoms with E-state index < -0.39 is 0 Å². The van der Waals surface area contributed by atoms with Gasteiger partial charge in [0.15, 0.2) is 0 Å². The van der Waals surface area contributed by atoms with Crippen molar-refractivity contribution in [1.82, 2.24) is 10.6 Å². The van der Waals surface area contributed by atoms with E-state index in [-0.39, 0.29) is 24.0 Å². The number of amides is 1. The fourth-order valence-electron chi connectivity index (χ4n) is 2.51.